The number of hydrogen-bond donors (Lipinski definition) is 0. The minimum Gasteiger partial charge on any atom is -0.772 e. The lowest BCUT2D eigenvalue weighted by Crippen LogP contribution is -2.34. The molecule has 0 amide bonds. The number of nitrogens with zero attached hydrogens (tertiary/aromatic N) is 1. The van der Waals surface area contributed by atoms with Crippen LogP contribution in [-0.4, -0.2) is 46.6 Å². The van der Waals surface area contributed by atoms with Crippen molar-refractivity contribution in [1.29, 1.82) is 0 Å². The lowest BCUT2D eigenvalue weighted by Gasteiger charge is -2.24. The minimum absolute atomic E-state index is 0.0739. The molecular formula is C12H15BrNO4S2-. The van der Waals surface area contributed by atoms with E-state index in [0.717, 1.165) is 21.9 Å². The van der Waals surface area contributed by atoms with Crippen LogP contribution in [0.1, 0.15) is 17.0 Å². The summed E-state index contributed by atoms with van der Waals surface area (Å²) in [5.74, 6) is -0.409. The molecule has 8 heteroatoms. The van der Waals surface area contributed by atoms with E-state index in [1.165, 1.54) is 4.31 Å². The number of halogens is 1. The van der Waals surface area contributed by atoms with E-state index in [-0.39, 0.29) is 18.2 Å². The van der Waals surface area contributed by atoms with Crippen LogP contribution in [0.5, 0.6) is 0 Å². The zero-order valence-electron chi connectivity index (χ0n) is 10.9. The van der Waals surface area contributed by atoms with Crippen LogP contribution in [0.3, 0.4) is 0 Å². The summed E-state index contributed by atoms with van der Waals surface area (Å²) in [7, 11) is -3.33. The van der Waals surface area contributed by atoms with Gasteiger partial charge in [0.05, 0.1) is 6.26 Å². The molecule has 20 heavy (non-hydrogen) atoms. The summed E-state index contributed by atoms with van der Waals surface area (Å²) < 4.78 is 47.8. The van der Waals surface area contributed by atoms with Gasteiger partial charge >= 0.3 is 0 Å². The molecule has 0 fully saturated rings. The Morgan fingerprint density at radius 1 is 1.50 bits per heavy atom. The van der Waals surface area contributed by atoms with Gasteiger partial charge in [0.25, 0.3) is 0 Å². The lowest BCUT2D eigenvalue weighted by molar-refractivity contribution is 0.408. The summed E-state index contributed by atoms with van der Waals surface area (Å²) >= 11 is 1.17. The molecule has 0 saturated heterocycles. The minimum atomic E-state index is -3.33. The van der Waals surface area contributed by atoms with Gasteiger partial charge in [0.1, 0.15) is 0 Å². The van der Waals surface area contributed by atoms with E-state index in [0.29, 0.717) is 13.0 Å². The summed E-state index contributed by atoms with van der Waals surface area (Å²) in [6.45, 7) is 0.589. The third-order valence-electron chi connectivity index (χ3n) is 3.41. The van der Waals surface area contributed by atoms with Gasteiger partial charge in [0.15, 0.2) is 0 Å². The molecule has 1 aliphatic rings. The van der Waals surface area contributed by atoms with Crippen LogP contribution in [0.25, 0.3) is 0 Å². The first-order valence-corrected chi connectivity index (χ1v) is 9.95. The fourth-order valence-electron chi connectivity index (χ4n) is 2.46. The monoisotopic (exact) mass is 380 g/mol. The zero-order chi connectivity index (χ0) is 14.9. The predicted molar refractivity (Wildman–Crippen MR) is 80.8 cm³/mol. The van der Waals surface area contributed by atoms with Crippen LogP contribution in [-0.2, 0) is 27.5 Å². The van der Waals surface area contributed by atoms with Gasteiger partial charge in [-0.3, -0.25) is 4.21 Å². The molecule has 0 bridgehead atoms. The van der Waals surface area contributed by atoms with Crippen molar-refractivity contribution in [2.75, 3.05) is 25.1 Å². The summed E-state index contributed by atoms with van der Waals surface area (Å²) in [5.41, 5.74) is 1.92. The Morgan fingerprint density at radius 2 is 2.20 bits per heavy atom. The number of rotatable bonds is 3. The van der Waals surface area contributed by atoms with Crippen molar-refractivity contribution in [2.45, 2.75) is 12.3 Å². The molecule has 5 nitrogen and oxygen atoms in total. The van der Waals surface area contributed by atoms with E-state index < -0.39 is 21.1 Å². The molecular weight excluding hydrogens is 366 g/mol. The zero-order valence-corrected chi connectivity index (χ0v) is 14.1. The second-order valence-corrected chi connectivity index (χ2v) is 8.72. The van der Waals surface area contributed by atoms with E-state index >= 15 is 0 Å². The first-order chi connectivity index (χ1) is 9.27. The summed E-state index contributed by atoms with van der Waals surface area (Å²) in [5, 5.41) is 0. The number of benzene rings is 1. The molecule has 0 radical (unpaired) electrons. The normalized spacial score (nSPS) is 22.1. The maximum absolute atomic E-state index is 11.8. The molecule has 0 aliphatic carbocycles. The highest BCUT2D eigenvalue weighted by atomic mass is 79.9. The van der Waals surface area contributed by atoms with Crippen molar-refractivity contribution in [1.82, 2.24) is 4.31 Å². The van der Waals surface area contributed by atoms with Gasteiger partial charge in [-0.05, 0) is 29.7 Å². The molecule has 2 rings (SSSR count). The average molecular weight is 381 g/mol. The molecule has 1 heterocycles. The van der Waals surface area contributed by atoms with Gasteiger partial charge in [0, 0.05) is 29.2 Å². The molecule has 1 aliphatic heterocycles. The standard InChI is InChI=1S/C12H16BrNO4S2/c1-20(17,18)14-5-4-9-2-3-11(13)6-12(9)10(7-14)8-19(15)16/h2-3,6,10H,4-5,7-8H2,1H3,(H,15,16)/p-1. The molecule has 1 aromatic rings. The molecule has 0 saturated carbocycles. The van der Waals surface area contributed by atoms with Crippen molar-refractivity contribution in [3.63, 3.8) is 0 Å². The van der Waals surface area contributed by atoms with E-state index in [2.05, 4.69) is 15.9 Å². The third-order valence-corrected chi connectivity index (χ3v) is 5.85. The van der Waals surface area contributed by atoms with Crippen LogP contribution in [0.2, 0.25) is 0 Å². The van der Waals surface area contributed by atoms with E-state index in [4.69, 9.17) is 0 Å². The molecule has 112 valence electrons. The van der Waals surface area contributed by atoms with E-state index in [1.54, 1.807) is 0 Å². The van der Waals surface area contributed by atoms with Gasteiger partial charge in [-0.1, -0.05) is 33.1 Å². The molecule has 2 unspecified atom stereocenters. The quantitative estimate of drug-likeness (QED) is 0.738. The lowest BCUT2D eigenvalue weighted by atomic mass is 9.95. The second-order valence-electron chi connectivity index (χ2n) is 4.88. The molecule has 1 aromatic carbocycles. The Labute approximate surface area is 129 Å². The highest BCUT2D eigenvalue weighted by Crippen LogP contribution is 2.29. The predicted octanol–water partition coefficient (Wildman–Crippen LogP) is 1.23. The van der Waals surface area contributed by atoms with Crippen molar-refractivity contribution < 1.29 is 17.2 Å². The maximum Gasteiger partial charge on any atom is 0.211 e. The summed E-state index contributed by atoms with van der Waals surface area (Å²) in [6, 6.07) is 5.70. The second kappa shape index (κ2) is 6.23. The molecule has 0 N–H and O–H groups in total. The van der Waals surface area contributed by atoms with E-state index in [1.807, 2.05) is 18.2 Å². The fraction of sp³-hybridized carbons (Fsp3) is 0.500. The Balaban J connectivity index is 2.42. The van der Waals surface area contributed by atoms with Crippen molar-refractivity contribution in [3.8, 4) is 0 Å². The van der Waals surface area contributed by atoms with Gasteiger partial charge in [-0.2, -0.15) is 0 Å². The SMILES string of the molecule is CS(=O)(=O)N1CCc2ccc(Br)cc2C(CS(=O)[O-])C1. The van der Waals surface area contributed by atoms with E-state index in [9.17, 15) is 17.2 Å². The van der Waals surface area contributed by atoms with Gasteiger partial charge in [-0.25, -0.2) is 12.7 Å². The Kier molecular flexibility index (Phi) is 5.01. The average Bonchev–Trinajstić information content (AvgIpc) is 2.48. The number of hydrogen-bond acceptors (Lipinski definition) is 4. The summed E-state index contributed by atoms with van der Waals surface area (Å²) in [6.07, 6.45) is 1.75. The van der Waals surface area contributed by atoms with Crippen LogP contribution in [0.4, 0.5) is 0 Å². The number of sulfonamides is 1. The van der Waals surface area contributed by atoms with Crippen molar-refractivity contribution >= 4 is 37.0 Å². The van der Waals surface area contributed by atoms with Crippen LogP contribution >= 0.6 is 15.9 Å². The van der Waals surface area contributed by atoms with Gasteiger partial charge < -0.3 is 4.55 Å². The first-order valence-electron chi connectivity index (χ1n) is 6.06. The highest BCUT2D eigenvalue weighted by Gasteiger charge is 2.27. The number of fused-ring (bicyclic) bond motifs is 1. The van der Waals surface area contributed by atoms with Crippen LogP contribution in [0.15, 0.2) is 22.7 Å². The molecule has 0 spiro atoms. The Bertz CT molecular complexity index is 632. The third kappa shape index (κ3) is 3.88. The Hall–Kier alpha value is -0.280. The molecule has 2 atom stereocenters. The van der Waals surface area contributed by atoms with Gasteiger partial charge in [0.2, 0.25) is 10.0 Å². The topological polar surface area (TPSA) is 77.5 Å². The van der Waals surface area contributed by atoms with Crippen LogP contribution in [0, 0.1) is 0 Å². The molecule has 0 aromatic heterocycles. The highest BCUT2D eigenvalue weighted by molar-refractivity contribution is 9.10. The fourth-order valence-corrected chi connectivity index (χ4v) is 4.33. The smallest absolute Gasteiger partial charge is 0.211 e. The largest absolute Gasteiger partial charge is 0.772 e. The van der Waals surface area contributed by atoms with Crippen molar-refractivity contribution in [2.24, 2.45) is 0 Å². The Morgan fingerprint density at radius 3 is 2.80 bits per heavy atom. The van der Waals surface area contributed by atoms with Gasteiger partial charge in [-0.15, -0.1) is 0 Å². The maximum atomic E-state index is 11.8. The summed E-state index contributed by atoms with van der Waals surface area (Å²) in [4.78, 5) is 0. The first kappa shape index (κ1) is 16.1. The van der Waals surface area contributed by atoms with Crippen LogP contribution < -0.4 is 0 Å². The van der Waals surface area contributed by atoms with Crippen molar-refractivity contribution in [3.05, 3.63) is 33.8 Å².